The van der Waals surface area contributed by atoms with E-state index in [-0.39, 0.29) is 29.7 Å². The molecule has 2 fully saturated rings. The first-order valence-electron chi connectivity index (χ1n) is 8.28. The molecule has 7 heteroatoms. The van der Waals surface area contributed by atoms with E-state index in [1.807, 2.05) is 6.07 Å². The molecule has 1 saturated carbocycles. The predicted octanol–water partition coefficient (Wildman–Crippen LogP) is 2.53. The number of benzene rings is 1. The molecule has 0 amide bonds. The molecule has 0 unspecified atom stereocenters. The van der Waals surface area contributed by atoms with Crippen molar-refractivity contribution >= 4 is 39.8 Å². The van der Waals surface area contributed by atoms with Gasteiger partial charge in [0.25, 0.3) is 0 Å². The summed E-state index contributed by atoms with van der Waals surface area (Å²) >= 11 is 0. The highest BCUT2D eigenvalue weighted by Gasteiger charge is 2.43. The lowest BCUT2D eigenvalue weighted by Crippen LogP contribution is -2.43. The van der Waals surface area contributed by atoms with Gasteiger partial charge in [-0.1, -0.05) is 24.6 Å². The van der Waals surface area contributed by atoms with E-state index in [4.69, 9.17) is 0 Å². The second-order valence-corrected chi connectivity index (χ2v) is 8.74. The van der Waals surface area contributed by atoms with Crippen LogP contribution in [0.1, 0.15) is 25.7 Å². The van der Waals surface area contributed by atoms with Crippen LogP contribution in [0, 0.1) is 5.41 Å². The van der Waals surface area contributed by atoms with Crippen LogP contribution in [0.15, 0.2) is 40.2 Å². The van der Waals surface area contributed by atoms with Crippen molar-refractivity contribution in [2.75, 3.05) is 32.4 Å². The first-order valence-corrected chi connectivity index (χ1v) is 9.93. The topological polar surface area (TPSA) is 61.8 Å². The van der Waals surface area contributed by atoms with Crippen molar-refractivity contribution in [2.24, 2.45) is 10.4 Å². The van der Waals surface area contributed by atoms with Crippen molar-refractivity contribution in [1.29, 1.82) is 0 Å². The van der Waals surface area contributed by atoms with Crippen molar-refractivity contribution in [3.05, 3.63) is 30.3 Å². The largest absolute Gasteiger partial charge is 0.355 e. The van der Waals surface area contributed by atoms with Crippen LogP contribution >= 0.6 is 24.0 Å². The van der Waals surface area contributed by atoms with Gasteiger partial charge in [-0.3, -0.25) is 4.99 Å². The van der Waals surface area contributed by atoms with Crippen molar-refractivity contribution in [2.45, 2.75) is 30.6 Å². The molecule has 5 nitrogen and oxygen atoms in total. The van der Waals surface area contributed by atoms with Gasteiger partial charge in [-0.15, -0.1) is 24.0 Å². The Kier molecular flexibility index (Phi) is 6.52. The maximum Gasteiger partial charge on any atom is 0.193 e. The Bertz CT molecular complexity index is 672. The Morgan fingerprint density at radius 3 is 2.50 bits per heavy atom. The summed E-state index contributed by atoms with van der Waals surface area (Å²) in [5.41, 5.74) is 0.508. The lowest BCUT2D eigenvalue weighted by atomic mass is 9.68. The zero-order chi connectivity index (χ0) is 16.3. The normalized spacial score (nSPS) is 19.7. The minimum atomic E-state index is -3.24. The van der Waals surface area contributed by atoms with Crippen LogP contribution in [0.5, 0.6) is 0 Å². The summed E-state index contributed by atoms with van der Waals surface area (Å²) in [6, 6.07) is 8.61. The molecule has 2 aliphatic rings. The van der Waals surface area contributed by atoms with Crippen LogP contribution in [0.4, 0.5) is 0 Å². The van der Waals surface area contributed by atoms with E-state index in [9.17, 15) is 8.42 Å². The van der Waals surface area contributed by atoms with E-state index in [0.29, 0.717) is 16.9 Å². The molecule has 1 aromatic rings. The molecule has 0 radical (unpaired) electrons. The third-order valence-corrected chi connectivity index (χ3v) is 6.85. The molecule has 1 heterocycles. The van der Waals surface area contributed by atoms with Gasteiger partial charge in [-0.05, 0) is 36.8 Å². The summed E-state index contributed by atoms with van der Waals surface area (Å²) in [5.74, 6) is 0.909. The van der Waals surface area contributed by atoms with Gasteiger partial charge < -0.3 is 10.2 Å². The molecule has 0 atom stereocenters. The second kappa shape index (κ2) is 8.03. The molecule has 0 bridgehead atoms. The van der Waals surface area contributed by atoms with Crippen molar-refractivity contribution in [1.82, 2.24) is 10.2 Å². The van der Waals surface area contributed by atoms with Gasteiger partial charge in [-0.2, -0.15) is 0 Å². The maximum absolute atomic E-state index is 12.3. The average molecular weight is 463 g/mol. The van der Waals surface area contributed by atoms with E-state index >= 15 is 0 Å². The van der Waals surface area contributed by atoms with Crippen LogP contribution in [0.3, 0.4) is 0 Å². The molecule has 1 aromatic carbocycles. The summed E-state index contributed by atoms with van der Waals surface area (Å²) in [4.78, 5) is 6.98. The number of guanidine groups is 1. The van der Waals surface area contributed by atoms with Gasteiger partial charge in [0, 0.05) is 26.7 Å². The molecule has 0 aromatic heterocycles. The number of sulfone groups is 1. The molecule has 1 aliphatic heterocycles. The SMILES string of the molecule is CN=C(NCCS(=O)(=O)c1ccccc1)N1CCC2(CCC2)C1.I. The van der Waals surface area contributed by atoms with E-state index in [0.717, 1.165) is 19.0 Å². The highest BCUT2D eigenvalue weighted by molar-refractivity contribution is 14.0. The molecule has 24 heavy (non-hydrogen) atoms. The maximum atomic E-state index is 12.3. The molecule has 1 aliphatic carbocycles. The monoisotopic (exact) mass is 463 g/mol. The summed E-state index contributed by atoms with van der Waals surface area (Å²) < 4.78 is 24.6. The standard InChI is InChI=1S/C17H25N3O2S.HI/c1-18-16(20-12-10-17(14-20)8-5-9-17)19-11-13-23(21,22)15-6-3-2-4-7-15;/h2-4,6-7H,5,8-14H2,1H3,(H,18,19);1H. The summed E-state index contributed by atoms with van der Waals surface area (Å²) in [6.07, 6.45) is 5.22. The molecule has 3 rings (SSSR count). The van der Waals surface area contributed by atoms with Crippen molar-refractivity contribution < 1.29 is 8.42 Å². The number of hydrogen-bond acceptors (Lipinski definition) is 3. The Hall–Kier alpha value is -0.830. The summed E-state index contributed by atoms with van der Waals surface area (Å²) in [7, 11) is -1.48. The second-order valence-electron chi connectivity index (χ2n) is 6.63. The molecular weight excluding hydrogens is 437 g/mol. The minimum absolute atomic E-state index is 0. The van der Waals surface area contributed by atoms with Gasteiger partial charge in [-0.25, -0.2) is 8.42 Å². The number of rotatable bonds is 4. The number of nitrogens with zero attached hydrogens (tertiary/aromatic N) is 2. The molecule has 1 saturated heterocycles. The van der Waals surface area contributed by atoms with Gasteiger partial charge in [0.05, 0.1) is 10.6 Å². The number of likely N-dealkylation sites (tertiary alicyclic amines) is 1. The fourth-order valence-corrected chi connectivity index (χ4v) is 4.75. The first kappa shape index (κ1) is 19.5. The average Bonchev–Trinajstić information content (AvgIpc) is 2.98. The Labute approximate surface area is 161 Å². The summed E-state index contributed by atoms with van der Waals surface area (Å²) in [6.45, 7) is 2.45. The van der Waals surface area contributed by atoms with E-state index in [1.165, 1.54) is 25.7 Å². The van der Waals surface area contributed by atoms with Crippen molar-refractivity contribution in [3.8, 4) is 0 Å². The van der Waals surface area contributed by atoms with Crippen LogP contribution < -0.4 is 5.32 Å². The lowest BCUT2D eigenvalue weighted by Gasteiger charge is -2.38. The van der Waals surface area contributed by atoms with Gasteiger partial charge >= 0.3 is 0 Å². The smallest absolute Gasteiger partial charge is 0.193 e. The van der Waals surface area contributed by atoms with Crippen LogP contribution in [-0.2, 0) is 9.84 Å². The Balaban J connectivity index is 0.00000208. The van der Waals surface area contributed by atoms with E-state index < -0.39 is 9.84 Å². The summed E-state index contributed by atoms with van der Waals surface area (Å²) in [5, 5.41) is 3.22. The van der Waals surface area contributed by atoms with Gasteiger partial charge in [0.1, 0.15) is 0 Å². The third-order valence-electron chi connectivity index (χ3n) is 5.12. The Morgan fingerprint density at radius 1 is 1.25 bits per heavy atom. The van der Waals surface area contributed by atoms with E-state index in [2.05, 4.69) is 15.2 Å². The van der Waals surface area contributed by atoms with Crippen LogP contribution in [0.25, 0.3) is 0 Å². The minimum Gasteiger partial charge on any atom is -0.355 e. The number of hydrogen-bond donors (Lipinski definition) is 1. The van der Waals surface area contributed by atoms with Crippen LogP contribution in [-0.4, -0.2) is 51.7 Å². The zero-order valence-corrected chi connectivity index (χ0v) is 17.2. The number of aliphatic imine (C=N–C) groups is 1. The quantitative estimate of drug-likeness (QED) is 0.424. The van der Waals surface area contributed by atoms with Gasteiger partial charge in [0.2, 0.25) is 0 Å². The highest BCUT2D eigenvalue weighted by atomic mass is 127. The lowest BCUT2D eigenvalue weighted by molar-refractivity contribution is 0.151. The zero-order valence-electron chi connectivity index (χ0n) is 14.1. The highest BCUT2D eigenvalue weighted by Crippen LogP contribution is 2.47. The third kappa shape index (κ3) is 4.22. The van der Waals surface area contributed by atoms with Gasteiger partial charge in [0.15, 0.2) is 15.8 Å². The molecular formula is C17H26IN3O2S. The molecule has 134 valence electrons. The van der Waals surface area contributed by atoms with Crippen LogP contribution in [0.2, 0.25) is 0 Å². The molecule has 1 N–H and O–H groups in total. The number of halogens is 1. The number of nitrogens with one attached hydrogen (secondary N) is 1. The predicted molar refractivity (Wildman–Crippen MR) is 108 cm³/mol. The van der Waals surface area contributed by atoms with Crippen molar-refractivity contribution in [3.63, 3.8) is 0 Å². The fourth-order valence-electron chi connectivity index (χ4n) is 3.58. The fraction of sp³-hybridized carbons (Fsp3) is 0.588. The van der Waals surface area contributed by atoms with E-state index in [1.54, 1.807) is 31.3 Å². The Morgan fingerprint density at radius 2 is 1.96 bits per heavy atom. The first-order chi connectivity index (χ1) is 11.0. The molecule has 1 spiro atoms.